The van der Waals surface area contributed by atoms with Crippen molar-refractivity contribution >= 4 is 0 Å². The van der Waals surface area contributed by atoms with Crippen LogP contribution in [0.2, 0.25) is 0 Å². The highest BCUT2D eigenvalue weighted by atomic mass is 16.3. The SMILES string of the molecule is CC(O)(N=[N+]=[N-])C1CCCCC1. The van der Waals surface area contributed by atoms with Crippen molar-refractivity contribution in [2.45, 2.75) is 44.8 Å². The molecule has 0 heterocycles. The molecule has 0 bridgehead atoms. The fourth-order valence-electron chi connectivity index (χ4n) is 1.82. The molecule has 4 heteroatoms. The van der Waals surface area contributed by atoms with E-state index < -0.39 is 5.72 Å². The molecule has 1 N–H and O–H groups in total. The van der Waals surface area contributed by atoms with E-state index in [4.69, 9.17) is 5.53 Å². The number of aliphatic hydroxyl groups is 1. The summed E-state index contributed by atoms with van der Waals surface area (Å²) in [6.07, 6.45) is 5.48. The summed E-state index contributed by atoms with van der Waals surface area (Å²) in [6.45, 7) is 1.60. The van der Waals surface area contributed by atoms with Crippen molar-refractivity contribution in [1.29, 1.82) is 0 Å². The quantitative estimate of drug-likeness (QED) is 0.385. The van der Waals surface area contributed by atoms with Crippen LogP contribution < -0.4 is 0 Å². The van der Waals surface area contributed by atoms with Crippen molar-refractivity contribution in [1.82, 2.24) is 0 Å². The maximum atomic E-state index is 9.72. The molecule has 0 spiro atoms. The lowest BCUT2D eigenvalue weighted by Gasteiger charge is -2.31. The van der Waals surface area contributed by atoms with Gasteiger partial charge in [0.1, 0.15) is 5.72 Å². The zero-order valence-electron chi connectivity index (χ0n) is 7.40. The predicted molar refractivity (Wildman–Crippen MR) is 46.3 cm³/mol. The molecule has 0 aromatic rings. The average Bonchev–Trinajstić information content (AvgIpc) is 2.06. The van der Waals surface area contributed by atoms with Crippen LogP contribution in [-0.2, 0) is 0 Å². The van der Waals surface area contributed by atoms with E-state index in [1.807, 2.05) is 0 Å². The van der Waals surface area contributed by atoms with Gasteiger partial charge in [-0.2, -0.15) is 0 Å². The van der Waals surface area contributed by atoms with Gasteiger partial charge >= 0.3 is 0 Å². The van der Waals surface area contributed by atoms with Gasteiger partial charge in [-0.05, 0) is 31.2 Å². The molecule has 68 valence electrons. The molecular weight excluding hydrogens is 154 g/mol. The number of azide groups is 1. The molecule has 1 aliphatic rings. The van der Waals surface area contributed by atoms with Crippen molar-refractivity contribution in [3.63, 3.8) is 0 Å². The summed E-state index contributed by atoms with van der Waals surface area (Å²) in [6, 6.07) is 0. The predicted octanol–water partition coefficient (Wildman–Crippen LogP) is 2.59. The largest absolute Gasteiger partial charge is 0.384 e. The molecule has 0 saturated heterocycles. The molecule has 0 aromatic heterocycles. The zero-order chi connectivity index (χ0) is 9.03. The van der Waals surface area contributed by atoms with E-state index in [9.17, 15) is 5.11 Å². The summed E-state index contributed by atoms with van der Waals surface area (Å²) in [4.78, 5) is 2.66. The van der Waals surface area contributed by atoms with Crippen molar-refractivity contribution in [2.24, 2.45) is 11.0 Å². The van der Waals surface area contributed by atoms with Gasteiger partial charge in [0.15, 0.2) is 0 Å². The van der Waals surface area contributed by atoms with Crippen LogP contribution in [0.4, 0.5) is 0 Å². The number of hydrogen-bond donors (Lipinski definition) is 1. The van der Waals surface area contributed by atoms with Crippen molar-refractivity contribution in [3.8, 4) is 0 Å². The summed E-state index contributed by atoms with van der Waals surface area (Å²) in [5.41, 5.74) is 7.06. The van der Waals surface area contributed by atoms with E-state index in [1.165, 1.54) is 6.42 Å². The maximum absolute atomic E-state index is 9.72. The first-order valence-electron chi connectivity index (χ1n) is 4.45. The fourth-order valence-corrected chi connectivity index (χ4v) is 1.82. The van der Waals surface area contributed by atoms with Gasteiger partial charge in [-0.15, -0.1) is 0 Å². The Balaban J connectivity index is 2.59. The van der Waals surface area contributed by atoms with Crippen LogP contribution in [0.1, 0.15) is 39.0 Å². The molecule has 0 aliphatic heterocycles. The molecule has 0 radical (unpaired) electrons. The summed E-state index contributed by atoms with van der Waals surface area (Å²) < 4.78 is 0. The monoisotopic (exact) mass is 169 g/mol. The van der Waals surface area contributed by atoms with Gasteiger partial charge < -0.3 is 5.11 Å². The molecule has 4 nitrogen and oxygen atoms in total. The molecule has 1 saturated carbocycles. The van der Waals surface area contributed by atoms with Crippen LogP contribution in [0.3, 0.4) is 0 Å². The summed E-state index contributed by atoms with van der Waals surface area (Å²) in [5, 5.41) is 13.1. The van der Waals surface area contributed by atoms with E-state index in [-0.39, 0.29) is 5.92 Å². The van der Waals surface area contributed by atoms with E-state index >= 15 is 0 Å². The highest BCUT2D eigenvalue weighted by molar-refractivity contribution is 4.82. The van der Waals surface area contributed by atoms with E-state index in [0.717, 1.165) is 25.7 Å². The van der Waals surface area contributed by atoms with E-state index in [0.29, 0.717) is 0 Å². The van der Waals surface area contributed by atoms with Gasteiger partial charge in [-0.1, -0.05) is 24.4 Å². The Bertz CT molecular complexity index is 190. The number of hydrogen-bond acceptors (Lipinski definition) is 2. The Morgan fingerprint density at radius 3 is 2.50 bits per heavy atom. The topological polar surface area (TPSA) is 69.0 Å². The lowest BCUT2D eigenvalue weighted by Crippen LogP contribution is -2.33. The summed E-state index contributed by atoms with van der Waals surface area (Å²) in [7, 11) is 0. The third-order valence-electron chi connectivity index (χ3n) is 2.63. The normalized spacial score (nSPS) is 24.2. The van der Waals surface area contributed by atoms with Crippen molar-refractivity contribution in [2.75, 3.05) is 0 Å². The van der Waals surface area contributed by atoms with Crippen molar-refractivity contribution in [3.05, 3.63) is 10.4 Å². The average molecular weight is 169 g/mol. The van der Waals surface area contributed by atoms with E-state index in [2.05, 4.69) is 10.0 Å². The van der Waals surface area contributed by atoms with Gasteiger partial charge in [0.05, 0.1) is 0 Å². The Kier molecular flexibility index (Phi) is 2.95. The smallest absolute Gasteiger partial charge is 0.143 e. The standard InChI is InChI=1S/C8H15N3O/c1-8(12,10-11-9)7-5-3-2-4-6-7/h7,12H,2-6H2,1H3. The molecule has 1 fully saturated rings. The van der Waals surface area contributed by atoms with Gasteiger partial charge in [-0.3, -0.25) is 0 Å². The lowest BCUT2D eigenvalue weighted by molar-refractivity contribution is -0.0101. The summed E-state index contributed by atoms with van der Waals surface area (Å²) in [5.74, 6) is 0.155. The Morgan fingerprint density at radius 2 is 2.00 bits per heavy atom. The molecule has 12 heavy (non-hydrogen) atoms. The Morgan fingerprint density at radius 1 is 1.42 bits per heavy atom. The van der Waals surface area contributed by atoms with E-state index in [1.54, 1.807) is 6.92 Å². The van der Waals surface area contributed by atoms with Crippen LogP contribution >= 0.6 is 0 Å². The third kappa shape index (κ3) is 2.13. The van der Waals surface area contributed by atoms with Crippen LogP contribution in [0.5, 0.6) is 0 Å². The first-order valence-corrected chi connectivity index (χ1v) is 4.45. The highest BCUT2D eigenvalue weighted by Gasteiger charge is 2.31. The van der Waals surface area contributed by atoms with Crippen LogP contribution in [0.25, 0.3) is 10.4 Å². The minimum Gasteiger partial charge on any atom is -0.384 e. The Labute approximate surface area is 72.2 Å². The Hall–Kier alpha value is -0.730. The molecule has 0 amide bonds. The van der Waals surface area contributed by atoms with Crippen LogP contribution in [0, 0.1) is 5.92 Å². The second kappa shape index (κ2) is 3.78. The van der Waals surface area contributed by atoms with Gasteiger partial charge in [0, 0.05) is 4.91 Å². The molecule has 0 aromatic carbocycles. The fraction of sp³-hybridized carbons (Fsp3) is 1.00. The second-order valence-electron chi connectivity index (χ2n) is 3.62. The van der Waals surface area contributed by atoms with Gasteiger partial charge in [0.25, 0.3) is 0 Å². The molecular formula is C8H15N3O. The van der Waals surface area contributed by atoms with Crippen LogP contribution in [0.15, 0.2) is 5.11 Å². The molecule has 1 unspecified atom stereocenters. The zero-order valence-corrected chi connectivity index (χ0v) is 7.40. The second-order valence-corrected chi connectivity index (χ2v) is 3.62. The molecule has 1 aliphatic carbocycles. The maximum Gasteiger partial charge on any atom is 0.143 e. The first-order chi connectivity index (χ1) is 5.67. The highest BCUT2D eigenvalue weighted by Crippen LogP contribution is 2.33. The van der Waals surface area contributed by atoms with Gasteiger partial charge in [0.2, 0.25) is 0 Å². The van der Waals surface area contributed by atoms with Gasteiger partial charge in [-0.25, -0.2) is 0 Å². The lowest BCUT2D eigenvalue weighted by atomic mass is 9.83. The minimum absolute atomic E-state index is 0.155. The first kappa shape index (κ1) is 9.36. The molecule has 1 rings (SSSR count). The molecule has 1 atom stereocenters. The number of nitrogens with zero attached hydrogens (tertiary/aromatic N) is 3. The van der Waals surface area contributed by atoms with Crippen molar-refractivity contribution < 1.29 is 5.11 Å². The summed E-state index contributed by atoms with van der Waals surface area (Å²) >= 11 is 0. The van der Waals surface area contributed by atoms with Crippen LogP contribution in [-0.4, -0.2) is 10.8 Å². The third-order valence-corrected chi connectivity index (χ3v) is 2.63. The number of rotatable bonds is 2. The minimum atomic E-state index is -1.17.